The number of hydrogen-bond acceptors (Lipinski definition) is 6. The number of pyridine rings is 1. The third-order valence-electron chi connectivity index (χ3n) is 5.62. The van der Waals surface area contributed by atoms with Gasteiger partial charge in [-0.05, 0) is 51.2 Å². The van der Waals surface area contributed by atoms with Crippen LogP contribution < -0.4 is 10.6 Å². The van der Waals surface area contributed by atoms with Gasteiger partial charge in [0, 0.05) is 13.1 Å². The van der Waals surface area contributed by atoms with Crippen molar-refractivity contribution in [2.45, 2.75) is 18.9 Å². The second kappa shape index (κ2) is 6.97. The van der Waals surface area contributed by atoms with Crippen molar-refractivity contribution in [1.29, 1.82) is 0 Å². The van der Waals surface area contributed by atoms with Crippen molar-refractivity contribution in [2.75, 3.05) is 32.5 Å². The van der Waals surface area contributed by atoms with Crippen LogP contribution in [0.1, 0.15) is 23.2 Å². The number of rotatable bonds is 3. The van der Waals surface area contributed by atoms with Crippen LogP contribution >= 0.6 is 0 Å². The lowest BCUT2D eigenvalue weighted by Crippen LogP contribution is -2.36. The summed E-state index contributed by atoms with van der Waals surface area (Å²) in [6.07, 6.45) is 3.91. The molecule has 1 amide bonds. The van der Waals surface area contributed by atoms with Crippen LogP contribution in [-0.4, -0.2) is 63.4 Å². The van der Waals surface area contributed by atoms with Crippen molar-refractivity contribution < 1.29 is 4.79 Å². The first kappa shape index (κ1) is 17.8. The van der Waals surface area contributed by atoms with E-state index in [1.165, 1.54) is 0 Å². The van der Waals surface area contributed by atoms with E-state index in [1.807, 2.05) is 28.7 Å². The van der Waals surface area contributed by atoms with E-state index in [2.05, 4.69) is 27.6 Å². The number of aromatic nitrogens is 4. The molecule has 1 aromatic carbocycles. The van der Waals surface area contributed by atoms with Crippen LogP contribution in [0.5, 0.6) is 0 Å². The fraction of sp³-hybridized carbons (Fsp3) is 0.333. The van der Waals surface area contributed by atoms with Gasteiger partial charge in [0.05, 0.1) is 22.8 Å². The van der Waals surface area contributed by atoms with E-state index in [0.29, 0.717) is 28.4 Å². The predicted octanol–water partition coefficient (Wildman–Crippen LogP) is 2.30. The van der Waals surface area contributed by atoms with Crippen LogP contribution in [0.2, 0.25) is 0 Å². The number of benzene rings is 1. The molecule has 8 nitrogen and oxygen atoms in total. The number of nitrogens with one attached hydrogen (secondary N) is 2. The molecule has 148 valence electrons. The monoisotopic (exact) mass is 389 g/mol. The van der Waals surface area contributed by atoms with Gasteiger partial charge in [0.2, 0.25) is 0 Å². The molecule has 29 heavy (non-hydrogen) atoms. The summed E-state index contributed by atoms with van der Waals surface area (Å²) >= 11 is 0. The first-order valence-corrected chi connectivity index (χ1v) is 9.88. The molecule has 1 saturated heterocycles. The number of nitrogens with zero attached hydrogens (tertiary/aromatic N) is 5. The minimum atomic E-state index is -0.192. The number of likely N-dealkylation sites (tertiary alicyclic amines) is 1. The molecule has 0 radical (unpaired) electrons. The minimum Gasteiger partial charge on any atom is -0.366 e. The van der Waals surface area contributed by atoms with Crippen LogP contribution in [-0.2, 0) is 0 Å². The average Bonchev–Trinajstić information content (AvgIpc) is 3.14. The molecule has 5 rings (SSSR count). The molecule has 4 heterocycles. The average molecular weight is 389 g/mol. The zero-order chi connectivity index (χ0) is 20.0. The fourth-order valence-electron chi connectivity index (χ4n) is 4.01. The standard InChI is InChI=1S/C21H23N7O/c1-22-21(29)14-11-16-20(28-17-6-4-3-5-15(17)25-19(14)28)26-18(12-23-16)24-13-7-9-27(2)10-8-13/h3-6,11-13H,7-10H2,1-2H3,(H,22,29)(H,24,26). The van der Waals surface area contributed by atoms with Gasteiger partial charge in [0.25, 0.3) is 5.91 Å². The Kier molecular flexibility index (Phi) is 4.28. The molecule has 0 atom stereocenters. The highest BCUT2D eigenvalue weighted by atomic mass is 16.1. The van der Waals surface area contributed by atoms with Crippen molar-refractivity contribution >= 4 is 39.6 Å². The molecule has 0 saturated carbocycles. The number of carbonyl (C=O) groups excluding carboxylic acids is 1. The first-order chi connectivity index (χ1) is 14.1. The zero-order valence-electron chi connectivity index (χ0n) is 16.5. The third-order valence-corrected chi connectivity index (χ3v) is 5.62. The molecule has 1 fully saturated rings. The van der Waals surface area contributed by atoms with Gasteiger partial charge in [0.15, 0.2) is 11.3 Å². The lowest BCUT2D eigenvalue weighted by molar-refractivity contribution is 0.0964. The summed E-state index contributed by atoms with van der Waals surface area (Å²) in [4.78, 5) is 29.0. The molecule has 1 aliphatic heterocycles. The maximum absolute atomic E-state index is 12.5. The Morgan fingerprint density at radius 3 is 2.69 bits per heavy atom. The highest BCUT2D eigenvalue weighted by molar-refractivity contribution is 6.04. The van der Waals surface area contributed by atoms with Crippen molar-refractivity contribution in [1.82, 2.24) is 29.6 Å². The van der Waals surface area contributed by atoms with E-state index in [1.54, 1.807) is 19.3 Å². The SMILES string of the molecule is CNC(=O)c1cc2ncc(NC3CCN(C)CC3)nc2n2c1nc1ccccc12. The number of piperidine rings is 1. The molecule has 2 N–H and O–H groups in total. The van der Waals surface area contributed by atoms with E-state index < -0.39 is 0 Å². The highest BCUT2D eigenvalue weighted by Gasteiger charge is 2.20. The fourth-order valence-corrected chi connectivity index (χ4v) is 4.01. The Labute approximate surface area is 168 Å². The molecule has 8 heteroatoms. The summed E-state index contributed by atoms with van der Waals surface area (Å²) in [5, 5.41) is 6.23. The Bertz CT molecular complexity index is 1220. The molecule has 3 aromatic heterocycles. The Hall–Kier alpha value is -3.26. The molecular weight excluding hydrogens is 366 g/mol. The topological polar surface area (TPSA) is 87.5 Å². The normalized spacial score (nSPS) is 15.9. The van der Waals surface area contributed by atoms with Crippen LogP contribution in [0, 0.1) is 0 Å². The van der Waals surface area contributed by atoms with Gasteiger partial charge in [-0.15, -0.1) is 0 Å². The first-order valence-electron chi connectivity index (χ1n) is 9.88. The highest BCUT2D eigenvalue weighted by Crippen LogP contribution is 2.25. The second-order valence-corrected chi connectivity index (χ2v) is 7.58. The van der Waals surface area contributed by atoms with Crippen molar-refractivity contribution in [3.05, 3.63) is 42.1 Å². The van der Waals surface area contributed by atoms with Gasteiger partial charge < -0.3 is 15.5 Å². The minimum absolute atomic E-state index is 0.192. The van der Waals surface area contributed by atoms with Gasteiger partial charge in [-0.3, -0.25) is 9.20 Å². The van der Waals surface area contributed by atoms with Crippen molar-refractivity contribution in [3.63, 3.8) is 0 Å². The van der Waals surface area contributed by atoms with Crippen molar-refractivity contribution in [3.8, 4) is 0 Å². The lowest BCUT2D eigenvalue weighted by atomic mass is 10.1. The van der Waals surface area contributed by atoms with Gasteiger partial charge in [0.1, 0.15) is 11.3 Å². The van der Waals surface area contributed by atoms with E-state index in [0.717, 1.165) is 42.8 Å². The Morgan fingerprint density at radius 2 is 1.90 bits per heavy atom. The summed E-state index contributed by atoms with van der Waals surface area (Å²) in [6, 6.07) is 9.98. The van der Waals surface area contributed by atoms with Gasteiger partial charge >= 0.3 is 0 Å². The number of hydrogen-bond donors (Lipinski definition) is 2. The van der Waals surface area contributed by atoms with Gasteiger partial charge in [-0.2, -0.15) is 0 Å². The Morgan fingerprint density at radius 1 is 1.10 bits per heavy atom. The van der Waals surface area contributed by atoms with Crippen LogP contribution in [0.25, 0.3) is 27.8 Å². The molecular formula is C21H23N7O. The van der Waals surface area contributed by atoms with Crippen LogP contribution in [0.4, 0.5) is 5.82 Å². The predicted molar refractivity (Wildman–Crippen MR) is 113 cm³/mol. The van der Waals surface area contributed by atoms with Crippen molar-refractivity contribution in [2.24, 2.45) is 0 Å². The molecule has 1 aliphatic rings. The number of fused-ring (bicyclic) bond motifs is 5. The molecule has 0 aliphatic carbocycles. The van der Waals surface area contributed by atoms with Gasteiger partial charge in [-0.1, -0.05) is 12.1 Å². The number of imidazole rings is 1. The summed E-state index contributed by atoms with van der Waals surface area (Å²) < 4.78 is 1.93. The van der Waals surface area contributed by atoms with E-state index in [4.69, 9.17) is 9.97 Å². The van der Waals surface area contributed by atoms with Crippen LogP contribution in [0.3, 0.4) is 0 Å². The maximum Gasteiger partial charge on any atom is 0.254 e. The van der Waals surface area contributed by atoms with E-state index in [9.17, 15) is 4.79 Å². The number of anilines is 1. The third kappa shape index (κ3) is 3.05. The molecule has 0 spiro atoms. The molecule has 4 aromatic rings. The molecule has 0 unspecified atom stereocenters. The summed E-state index contributed by atoms with van der Waals surface area (Å²) in [6.45, 7) is 2.15. The smallest absolute Gasteiger partial charge is 0.254 e. The Balaban J connectivity index is 1.68. The number of para-hydroxylation sites is 2. The lowest BCUT2D eigenvalue weighted by Gasteiger charge is -2.29. The summed E-state index contributed by atoms with van der Waals surface area (Å²) in [5.41, 5.74) is 4.16. The van der Waals surface area contributed by atoms with E-state index >= 15 is 0 Å². The number of amides is 1. The van der Waals surface area contributed by atoms with Crippen LogP contribution in [0.15, 0.2) is 36.5 Å². The van der Waals surface area contributed by atoms with E-state index in [-0.39, 0.29) is 5.91 Å². The summed E-state index contributed by atoms with van der Waals surface area (Å²) in [7, 11) is 3.77. The number of carbonyl (C=O) groups is 1. The quantitative estimate of drug-likeness (QED) is 0.559. The molecule has 0 bridgehead atoms. The zero-order valence-corrected chi connectivity index (χ0v) is 16.5. The largest absolute Gasteiger partial charge is 0.366 e. The summed E-state index contributed by atoms with van der Waals surface area (Å²) in [5.74, 6) is 0.557. The van der Waals surface area contributed by atoms with Gasteiger partial charge in [-0.25, -0.2) is 15.0 Å². The maximum atomic E-state index is 12.5. The second-order valence-electron chi connectivity index (χ2n) is 7.58.